The van der Waals surface area contributed by atoms with Gasteiger partial charge in [-0.1, -0.05) is 12.1 Å². The summed E-state index contributed by atoms with van der Waals surface area (Å²) in [5, 5.41) is 2.57. The van der Waals surface area contributed by atoms with E-state index in [1.807, 2.05) is 42.6 Å². The number of Topliss-reactive ketones (excluding diaryl/α,β-unsaturated/α-hetero) is 1. The van der Waals surface area contributed by atoms with Crippen LogP contribution in [0, 0.1) is 0 Å². The van der Waals surface area contributed by atoms with Crippen LogP contribution in [-0.4, -0.2) is 29.0 Å². The first-order valence-corrected chi connectivity index (χ1v) is 9.67. The van der Waals surface area contributed by atoms with Crippen molar-refractivity contribution in [2.45, 2.75) is 25.2 Å². The Hall–Kier alpha value is -1.92. The second-order valence-corrected chi connectivity index (χ2v) is 7.38. The van der Waals surface area contributed by atoms with Crippen molar-refractivity contribution >= 4 is 46.0 Å². The standard InChI is InChI=1S/C18H18N2O2S2/c1-3-20(12(2)21)18-19-14(11-24-18)10-13-8-9-23-16-7-5-4-6-15(16)17(13)22/h4-7,10-11H,3,8-9H2,1-2H3/b13-10+. The zero-order chi connectivity index (χ0) is 17.1. The fourth-order valence-electron chi connectivity index (χ4n) is 2.61. The van der Waals surface area contributed by atoms with E-state index in [1.165, 1.54) is 18.3 Å². The van der Waals surface area contributed by atoms with Gasteiger partial charge in [0, 0.05) is 40.6 Å². The third-order valence-corrected chi connectivity index (χ3v) is 5.77. The Balaban J connectivity index is 1.90. The fourth-order valence-corrected chi connectivity index (χ4v) is 4.54. The predicted molar refractivity (Wildman–Crippen MR) is 99.9 cm³/mol. The summed E-state index contributed by atoms with van der Waals surface area (Å²) in [5.74, 6) is 0.922. The van der Waals surface area contributed by atoms with E-state index in [-0.39, 0.29) is 11.7 Å². The summed E-state index contributed by atoms with van der Waals surface area (Å²) in [6.45, 7) is 4.04. The number of hydrogen-bond acceptors (Lipinski definition) is 5. The van der Waals surface area contributed by atoms with Gasteiger partial charge in [-0.15, -0.1) is 23.1 Å². The quantitative estimate of drug-likeness (QED) is 0.769. The molecular weight excluding hydrogens is 340 g/mol. The molecule has 0 N–H and O–H groups in total. The predicted octanol–water partition coefficient (Wildman–Crippen LogP) is 4.28. The van der Waals surface area contributed by atoms with Gasteiger partial charge in [0.15, 0.2) is 10.9 Å². The van der Waals surface area contributed by atoms with Crippen LogP contribution < -0.4 is 4.90 Å². The number of ketones is 1. The van der Waals surface area contributed by atoms with Crippen LogP contribution in [0.4, 0.5) is 5.13 Å². The van der Waals surface area contributed by atoms with Gasteiger partial charge in [-0.05, 0) is 31.6 Å². The van der Waals surface area contributed by atoms with E-state index in [4.69, 9.17) is 0 Å². The van der Waals surface area contributed by atoms with Gasteiger partial charge < -0.3 is 0 Å². The van der Waals surface area contributed by atoms with Crippen molar-refractivity contribution in [3.63, 3.8) is 0 Å². The maximum Gasteiger partial charge on any atom is 0.225 e. The van der Waals surface area contributed by atoms with Gasteiger partial charge in [-0.25, -0.2) is 4.98 Å². The van der Waals surface area contributed by atoms with Crippen molar-refractivity contribution in [2.24, 2.45) is 0 Å². The van der Waals surface area contributed by atoms with E-state index >= 15 is 0 Å². The molecule has 1 aliphatic rings. The van der Waals surface area contributed by atoms with Crippen molar-refractivity contribution in [2.75, 3.05) is 17.2 Å². The topological polar surface area (TPSA) is 50.3 Å². The van der Waals surface area contributed by atoms with Gasteiger partial charge in [-0.2, -0.15) is 0 Å². The van der Waals surface area contributed by atoms with E-state index in [9.17, 15) is 9.59 Å². The lowest BCUT2D eigenvalue weighted by molar-refractivity contribution is -0.116. The third kappa shape index (κ3) is 3.44. The van der Waals surface area contributed by atoms with Crippen LogP contribution in [0.2, 0.25) is 0 Å². The summed E-state index contributed by atoms with van der Waals surface area (Å²) in [5.41, 5.74) is 2.28. The van der Waals surface area contributed by atoms with Crippen molar-refractivity contribution in [1.82, 2.24) is 4.98 Å². The van der Waals surface area contributed by atoms with Crippen LogP contribution in [0.1, 0.15) is 36.3 Å². The molecule has 4 nitrogen and oxygen atoms in total. The molecule has 0 atom stereocenters. The fraction of sp³-hybridized carbons (Fsp3) is 0.278. The molecule has 2 aromatic rings. The molecule has 124 valence electrons. The molecular formula is C18H18N2O2S2. The molecule has 0 aliphatic carbocycles. The van der Waals surface area contributed by atoms with Gasteiger partial charge in [-0.3, -0.25) is 14.5 Å². The first kappa shape index (κ1) is 16.9. The molecule has 1 aromatic heterocycles. The van der Waals surface area contributed by atoms with E-state index < -0.39 is 0 Å². The van der Waals surface area contributed by atoms with E-state index in [1.54, 1.807) is 16.7 Å². The Bertz CT molecular complexity index is 811. The highest BCUT2D eigenvalue weighted by atomic mass is 32.2. The van der Waals surface area contributed by atoms with Gasteiger partial charge >= 0.3 is 0 Å². The molecule has 3 rings (SSSR count). The highest BCUT2D eigenvalue weighted by Gasteiger charge is 2.20. The zero-order valence-electron chi connectivity index (χ0n) is 13.6. The number of nitrogens with zero attached hydrogens (tertiary/aromatic N) is 2. The Morgan fingerprint density at radius 3 is 2.92 bits per heavy atom. The number of thiazole rings is 1. The molecule has 0 spiro atoms. The summed E-state index contributed by atoms with van der Waals surface area (Å²) in [6.07, 6.45) is 2.58. The van der Waals surface area contributed by atoms with Crippen LogP contribution in [0.15, 0.2) is 40.1 Å². The summed E-state index contributed by atoms with van der Waals surface area (Å²) >= 11 is 3.14. The molecule has 0 fully saturated rings. The Labute approximate surface area is 149 Å². The van der Waals surface area contributed by atoms with E-state index in [2.05, 4.69) is 4.98 Å². The number of aromatic nitrogens is 1. The average molecular weight is 358 g/mol. The number of amides is 1. The van der Waals surface area contributed by atoms with Crippen LogP contribution in [0.5, 0.6) is 0 Å². The first-order valence-electron chi connectivity index (χ1n) is 7.81. The largest absolute Gasteiger partial charge is 0.289 e. The third-order valence-electron chi connectivity index (χ3n) is 3.81. The molecule has 0 unspecified atom stereocenters. The minimum Gasteiger partial charge on any atom is -0.289 e. The second kappa shape index (κ2) is 7.32. The number of benzene rings is 1. The number of fused-ring (bicyclic) bond motifs is 1. The summed E-state index contributed by atoms with van der Waals surface area (Å²) in [6, 6.07) is 7.73. The minimum absolute atomic E-state index is 0.0260. The monoisotopic (exact) mass is 358 g/mol. The van der Waals surface area contributed by atoms with Crippen LogP contribution in [-0.2, 0) is 4.79 Å². The zero-order valence-corrected chi connectivity index (χ0v) is 15.2. The molecule has 24 heavy (non-hydrogen) atoms. The molecule has 0 saturated carbocycles. The SMILES string of the molecule is CCN(C(C)=O)c1nc(/C=C2\CCSc3ccccc3C2=O)cs1. The number of allylic oxidation sites excluding steroid dienone is 1. The number of carbonyl (C=O) groups is 2. The van der Waals surface area contributed by atoms with Crippen LogP contribution >= 0.6 is 23.1 Å². The number of rotatable bonds is 3. The number of hydrogen-bond donors (Lipinski definition) is 0. The number of anilines is 1. The van der Waals surface area contributed by atoms with Gasteiger partial charge in [0.25, 0.3) is 0 Å². The Morgan fingerprint density at radius 1 is 1.38 bits per heavy atom. The van der Waals surface area contributed by atoms with Crippen molar-refractivity contribution in [1.29, 1.82) is 0 Å². The second-order valence-electron chi connectivity index (χ2n) is 5.41. The number of carbonyl (C=O) groups excluding carboxylic acids is 2. The summed E-state index contributed by atoms with van der Waals surface area (Å²) in [4.78, 5) is 31.6. The van der Waals surface area contributed by atoms with Gasteiger partial charge in [0.1, 0.15) is 0 Å². The lowest BCUT2D eigenvalue weighted by atomic mass is 10.0. The van der Waals surface area contributed by atoms with E-state index in [0.717, 1.165) is 33.9 Å². The molecule has 1 aromatic carbocycles. The smallest absolute Gasteiger partial charge is 0.225 e. The van der Waals surface area contributed by atoms with Crippen molar-refractivity contribution < 1.29 is 9.59 Å². The number of thioether (sulfide) groups is 1. The van der Waals surface area contributed by atoms with Crippen molar-refractivity contribution in [3.8, 4) is 0 Å². The lowest BCUT2D eigenvalue weighted by Crippen LogP contribution is -2.27. The minimum atomic E-state index is -0.0260. The highest BCUT2D eigenvalue weighted by Crippen LogP contribution is 2.32. The van der Waals surface area contributed by atoms with Crippen LogP contribution in [0.3, 0.4) is 0 Å². The van der Waals surface area contributed by atoms with Crippen molar-refractivity contribution in [3.05, 3.63) is 46.5 Å². The maximum absolute atomic E-state index is 12.8. The normalized spacial score (nSPS) is 15.9. The highest BCUT2D eigenvalue weighted by molar-refractivity contribution is 7.99. The Morgan fingerprint density at radius 2 is 2.17 bits per heavy atom. The molecule has 1 aliphatic heterocycles. The molecule has 1 amide bonds. The molecule has 2 heterocycles. The van der Waals surface area contributed by atoms with E-state index in [0.29, 0.717) is 11.7 Å². The van der Waals surface area contributed by atoms with Gasteiger partial charge in [0.05, 0.1) is 5.69 Å². The molecule has 0 radical (unpaired) electrons. The summed E-state index contributed by atoms with van der Waals surface area (Å²) in [7, 11) is 0. The van der Waals surface area contributed by atoms with Gasteiger partial charge in [0.2, 0.25) is 5.91 Å². The molecule has 0 bridgehead atoms. The lowest BCUT2D eigenvalue weighted by Gasteiger charge is -2.14. The summed E-state index contributed by atoms with van der Waals surface area (Å²) < 4.78 is 0. The molecule has 0 saturated heterocycles. The maximum atomic E-state index is 12.8. The molecule has 6 heteroatoms. The Kier molecular flexibility index (Phi) is 5.16. The average Bonchev–Trinajstić information content (AvgIpc) is 2.95. The van der Waals surface area contributed by atoms with Crippen LogP contribution in [0.25, 0.3) is 6.08 Å². The first-order chi connectivity index (χ1) is 11.6.